The molecule has 2 aliphatic rings. The van der Waals surface area contributed by atoms with Gasteiger partial charge < -0.3 is 10.1 Å². The minimum Gasteiger partial charge on any atom is -0.441 e. The Morgan fingerprint density at radius 1 is 1.19 bits per heavy atom. The molecule has 0 aromatic carbocycles. The van der Waals surface area contributed by atoms with Gasteiger partial charge in [0.15, 0.2) is 0 Å². The topological polar surface area (TPSA) is 93.1 Å². The maximum Gasteiger partial charge on any atom is 0.416 e. The van der Waals surface area contributed by atoms with Gasteiger partial charge in [-0.25, -0.2) is 14.8 Å². The second kappa shape index (κ2) is 9.38. The molecule has 1 amide bonds. The highest BCUT2D eigenvalue weighted by atomic mass is 35.5. The molecule has 1 spiro atoms. The molecule has 2 fully saturated rings. The maximum absolute atomic E-state index is 12.4. The number of carbonyl (C=O) groups excluding carboxylic acids is 1. The fourth-order valence-corrected chi connectivity index (χ4v) is 4.95. The molecule has 1 saturated heterocycles. The van der Waals surface area contributed by atoms with Crippen LogP contribution in [-0.2, 0) is 4.74 Å². The van der Waals surface area contributed by atoms with Crippen molar-refractivity contribution in [3.63, 3.8) is 0 Å². The van der Waals surface area contributed by atoms with Crippen molar-refractivity contribution < 1.29 is 9.53 Å². The number of nitrogens with one attached hydrogen (secondary N) is 1. The van der Waals surface area contributed by atoms with E-state index in [0.717, 1.165) is 53.6 Å². The van der Waals surface area contributed by atoms with Gasteiger partial charge in [0.25, 0.3) is 0 Å². The highest BCUT2D eigenvalue weighted by Crippen LogP contribution is 2.40. The molecule has 1 aliphatic carbocycles. The first-order valence-corrected chi connectivity index (χ1v) is 11.3. The lowest BCUT2D eigenvalue weighted by molar-refractivity contribution is 0.0148. The van der Waals surface area contributed by atoms with Crippen LogP contribution in [0.1, 0.15) is 30.7 Å². The Labute approximate surface area is 196 Å². The highest BCUT2D eigenvalue weighted by Gasteiger charge is 2.47. The van der Waals surface area contributed by atoms with Crippen LogP contribution in [-0.4, -0.2) is 44.9 Å². The Kier molecular flexibility index (Phi) is 6.57. The summed E-state index contributed by atoms with van der Waals surface area (Å²) in [6.45, 7) is 3.39. The molecule has 0 atom stereocenters. The predicted octanol–water partition coefficient (Wildman–Crippen LogP) is 4.72. The summed E-state index contributed by atoms with van der Waals surface area (Å²) in [5.41, 5.74) is 0.599. The van der Waals surface area contributed by atoms with E-state index in [1.54, 1.807) is 22.4 Å². The molecule has 0 unspecified atom stereocenters. The largest absolute Gasteiger partial charge is 0.441 e. The van der Waals surface area contributed by atoms with Crippen molar-refractivity contribution in [1.82, 2.24) is 20.2 Å². The minimum absolute atomic E-state index is 0. The molecule has 3 aromatic rings. The normalized spacial score (nSPS) is 22.5. The SMILES string of the molecule is Cc1nnc(-c2ccc(NC[C@H]3CC[C@]4(CC3)CN(c3ccccn3)C(=O)O4)nc2)s1.Cl. The molecular weight excluding hydrogens is 448 g/mol. The molecule has 5 rings (SSSR count). The van der Waals surface area contributed by atoms with Gasteiger partial charge in [0.2, 0.25) is 0 Å². The quantitative estimate of drug-likeness (QED) is 0.574. The van der Waals surface area contributed by atoms with E-state index in [2.05, 4.69) is 25.5 Å². The molecule has 3 aromatic heterocycles. The van der Waals surface area contributed by atoms with Crippen molar-refractivity contribution in [1.29, 1.82) is 0 Å². The molecule has 0 bridgehead atoms. The number of anilines is 2. The van der Waals surface area contributed by atoms with Crippen LogP contribution in [0.15, 0.2) is 42.7 Å². The summed E-state index contributed by atoms with van der Waals surface area (Å²) in [5, 5.41) is 13.5. The second-order valence-corrected chi connectivity index (χ2v) is 9.39. The van der Waals surface area contributed by atoms with Gasteiger partial charge >= 0.3 is 6.09 Å². The molecule has 10 heteroatoms. The van der Waals surface area contributed by atoms with Crippen LogP contribution in [0, 0.1) is 12.8 Å². The van der Waals surface area contributed by atoms with Crippen LogP contribution in [0.25, 0.3) is 10.6 Å². The van der Waals surface area contributed by atoms with E-state index in [9.17, 15) is 4.79 Å². The molecule has 4 heterocycles. The zero-order valence-electron chi connectivity index (χ0n) is 17.7. The van der Waals surface area contributed by atoms with E-state index in [0.29, 0.717) is 18.3 Å². The summed E-state index contributed by atoms with van der Waals surface area (Å²) in [6, 6.07) is 9.59. The Morgan fingerprint density at radius 3 is 2.69 bits per heavy atom. The molecule has 8 nitrogen and oxygen atoms in total. The Morgan fingerprint density at radius 2 is 2.03 bits per heavy atom. The fraction of sp³-hybridized carbons (Fsp3) is 0.409. The van der Waals surface area contributed by atoms with Gasteiger partial charge in [0.1, 0.15) is 27.3 Å². The number of nitrogens with zero attached hydrogens (tertiary/aromatic N) is 5. The number of pyridine rings is 2. The summed E-state index contributed by atoms with van der Waals surface area (Å²) in [7, 11) is 0. The van der Waals surface area contributed by atoms with Crippen LogP contribution in [0.3, 0.4) is 0 Å². The van der Waals surface area contributed by atoms with Gasteiger partial charge in [-0.1, -0.05) is 17.4 Å². The van der Waals surface area contributed by atoms with E-state index in [-0.39, 0.29) is 24.1 Å². The smallest absolute Gasteiger partial charge is 0.416 e. The summed E-state index contributed by atoms with van der Waals surface area (Å²) in [5.74, 6) is 2.05. The Bertz CT molecular complexity index is 1050. The van der Waals surface area contributed by atoms with Gasteiger partial charge in [0.05, 0.1) is 6.54 Å². The monoisotopic (exact) mass is 472 g/mol. The molecule has 1 aliphatic heterocycles. The van der Waals surface area contributed by atoms with Crippen molar-refractivity contribution in [2.24, 2.45) is 5.92 Å². The predicted molar refractivity (Wildman–Crippen MR) is 126 cm³/mol. The lowest BCUT2D eigenvalue weighted by Gasteiger charge is -2.35. The van der Waals surface area contributed by atoms with Gasteiger partial charge in [-0.2, -0.15) is 0 Å². The lowest BCUT2D eigenvalue weighted by Crippen LogP contribution is -2.39. The average molecular weight is 473 g/mol. The summed E-state index contributed by atoms with van der Waals surface area (Å²) >= 11 is 1.56. The first kappa shape index (κ1) is 22.4. The zero-order valence-corrected chi connectivity index (χ0v) is 19.4. The number of hydrogen-bond donors (Lipinski definition) is 1. The Balaban J connectivity index is 0.00000245. The number of aromatic nitrogens is 4. The van der Waals surface area contributed by atoms with Crippen LogP contribution < -0.4 is 10.2 Å². The van der Waals surface area contributed by atoms with Crippen molar-refractivity contribution in [3.05, 3.63) is 47.7 Å². The van der Waals surface area contributed by atoms with Crippen LogP contribution in [0.4, 0.5) is 16.4 Å². The molecule has 168 valence electrons. The fourth-order valence-electron chi connectivity index (χ4n) is 4.27. The molecule has 1 N–H and O–H groups in total. The third-order valence-electron chi connectivity index (χ3n) is 6.02. The molecule has 1 saturated carbocycles. The maximum atomic E-state index is 12.4. The second-order valence-electron chi connectivity index (χ2n) is 8.21. The summed E-state index contributed by atoms with van der Waals surface area (Å²) < 4.78 is 5.83. The Hall–Kier alpha value is -2.78. The van der Waals surface area contributed by atoms with Gasteiger partial charge in [-0.15, -0.1) is 22.6 Å². The minimum atomic E-state index is -0.384. The summed E-state index contributed by atoms with van der Waals surface area (Å²) in [6.07, 6.45) is 7.02. The first-order chi connectivity index (χ1) is 15.1. The van der Waals surface area contributed by atoms with Crippen LogP contribution in [0.2, 0.25) is 0 Å². The highest BCUT2D eigenvalue weighted by molar-refractivity contribution is 7.14. The van der Waals surface area contributed by atoms with Gasteiger partial charge in [-0.05, 0) is 62.8 Å². The van der Waals surface area contributed by atoms with Crippen LogP contribution in [0.5, 0.6) is 0 Å². The van der Waals surface area contributed by atoms with E-state index in [1.165, 1.54) is 0 Å². The third-order valence-corrected chi connectivity index (χ3v) is 6.91. The van der Waals surface area contributed by atoms with E-state index in [1.807, 2.05) is 43.5 Å². The molecular formula is C22H25ClN6O2S. The van der Waals surface area contributed by atoms with Crippen molar-refractivity contribution in [3.8, 4) is 10.6 Å². The first-order valence-electron chi connectivity index (χ1n) is 10.5. The number of hydrogen-bond acceptors (Lipinski definition) is 8. The van der Waals surface area contributed by atoms with Crippen molar-refractivity contribution in [2.75, 3.05) is 23.3 Å². The van der Waals surface area contributed by atoms with E-state index >= 15 is 0 Å². The molecule has 0 radical (unpaired) electrons. The van der Waals surface area contributed by atoms with E-state index in [4.69, 9.17) is 4.74 Å². The van der Waals surface area contributed by atoms with E-state index < -0.39 is 0 Å². The van der Waals surface area contributed by atoms with Crippen molar-refractivity contribution in [2.45, 2.75) is 38.2 Å². The number of rotatable bonds is 5. The number of halogens is 1. The number of carbonyl (C=O) groups is 1. The van der Waals surface area contributed by atoms with Crippen LogP contribution >= 0.6 is 23.7 Å². The molecule has 32 heavy (non-hydrogen) atoms. The summed E-state index contributed by atoms with van der Waals surface area (Å²) in [4.78, 5) is 22.9. The standard InChI is InChI=1S/C22H24N6O2S.ClH/c1-15-26-27-20(31-15)17-5-6-18(25-13-17)24-12-16-7-9-22(10-8-16)14-28(21(29)30-22)19-4-2-3-11-23-19;/h2-6,11,13,16H,7-10,12,14H2,1H3,(H,24,25);1H/t16-,22-;. The van der Waals surface area contributed by atoms with Gasteiger partial charge in [-0.3, -0.25) is 4.90 Å². The number of aryl methyl sites for hydroxylation is 1. The van der Waals surface area contributed by atoms with Gasteiger partial charge in [0, 0.05) is 24.5 Å². The zero-order chi connectivity index (χ0) is 21.3. The third kappa shape index (κ3) is 4.68. The number of ether oxygens (including phenoxy) is 1. The average Bonchev–Trinajstić information content (AvgIpc) is 3.38. The lowest BCUT2D eigenvalue weighted by atomic mass is 9.78. The number of amides is 1. The van der Waals surface area contributed by atoms with Crippen molar-refractivity contribution >= 4 is 41.5 Å².